The van der Waals surface area contributed by atoms with E-state index < -0.39 is 0 Å². The van der Waals surface area contributed by atoms with Crippen LogP contribution >= 0.6 is 0 Å². The Kier molecular flexibility index (Phi) is 2.54. The monoisotopic (exact) mass is 200 g/mol. The minimum Gasteiger partial charge on any atom is -0.385 e. The Hall–Kier alpha value is -2.03. The smallest absolute Gasteiger partial charge is 0.183 e. The quantitative estimate of drug-likeness (QED) is 0.745. The first-order valence-corrected chi connectivity index (χ1v) is 4.77. The lowest BCUT2D eigenvalue weighted by Crippen LogP contribution is -2.04. The number of rotatable bonds is 3. The van der Waals surface area contributed by atoms with Gasteiger partial charge in [-0.3, -0.25) is 4.79 Å². The van der Waals surface area contributed by atoms with Crippen LogP contribution in [0.4, 0.5) is 5.82 Å². The van der Waals surface area contributed by atoms with Gasteiger partial charge in [-0.15, -0.1) is 0 Å². The second-order valence-corrected chi connectivity index (χ2v) is 3.41. The topological polar surface area (TPSA) is 58.9 Å². The van der Waals surface area contributed by atoms with E-state index in [9.17, 15) is 4.79 Å². The van der Waals surface area contributed by atoms with Crippen LogP contribution in [0.5, 0.6) is 0 Å². The SMILES string of the molecule is Nc1ccc(C(=O)Cc2ccccc2)[nH]1. The molecule has 0 bridgehead atoms. The molecule has 0 aliphatic heterocycles. The van der Waals surface area contributed by atoms with E-state index in [1.54, 1.807) is 12.1 Å². The number of nitrogens with one attached hydrogen (secondary N) is 1. The van der Waals surface area contributed by atoms with Gasteiger partial charge in [0, 0.05) is 6.42 Å². The summed E-state index contributed by atoms with van der Waals surface area (Å²) in [5.74, 6) is 0.573. The van der Waals surface area contributed by atoms with E-state index in [0.717, 1.165) is 5.56 Å². The fraction of sp³-hybridized carbons (Fsp3) is 0.0833. The molecule has 0 atom stereocenters. The van der Waals surface area contributed by atoms with E-state index in [1.807, 2.05) is 30.3 Å². The number of ketones is 1. The lowest BCUT2D eigenvalue weighted by atomic mass is 10.1. The van der Waals surface area contributed by atoms with Crippen LogP contribution in [0.1, 0.15) is 16.1 Å². The van der Waals surface area contributed by atoms with E-state index in [0.29, 0.717) is 17.9 Å². The molecule has 0 fully saturated rings. The average Bonchev–Trinajstić information content (AvgIpc) is 2.66. The molecule has 3 nitrogen and oxygen atoms in total. The van der Waals surface area contributed by atoms with Crippen LogP contribution in [0.2, 0.25) is 0 Å². The number of nitrogen functional groups attached to an aromatic ring is 1. The molecule has 0 saturated heterocycles. The Morgan fingerprint density at radius 2 is 1.87 bits per heavy atom. The Labute approximate surface area is 87.9 Å². The van der Waals surface area contributed by atoms with Gasteiger partial charge in [-0.1, -0.05) is 30.3 Å². The Balaban J connectivity index is 2.11. The van der Waals surface area contributed by atoms with Crippen molar-refractivity contribution < 1.29 is 4.79 Å². The molecule has 3 heteroatoms. The molecule has 2 rings (SSSR count). The fourth-order valence-electron chi connectivity index (χ4n) is 1.45. The summed E-state index contributed by atoms with van der Waals surface area (Å²) in [4.78, 5) is 14.6. The van der Waals surface area contributed by atoms with E-state index >= 15 is 0 Å². The molecule has 1 aromatic heterocycles. The summed E-state index contributed by atoms with van der Waals surface area (Å²) in [5.41, 5.74) is 7.08. The first kappa shape index (κ1) is 9.52. The van der Waals surface area contributed by atoms with Crippen molar-refractivity contribution in [3.8, 4) is 0 Å². The molecular weight excluding hydrogens is 188 g/mol. The lowest BCUT2D eigenvalue weighted by Gasteiger charge is -1.98. The average molecular weight is 200 g/mol. The van der Waals surface area contributed by atoms with Gasteiger partial charge in [0.05, 0.1) is 5.69 Å². The van der Waals surface area contributed by atoms with Gasteiger partial charge < -0.3 is 10.7 Å². The fourth-order valence-corrected chi connectivity index (χ4v) is 1.45. The maximum atomic E-state index is 11.7. The lowest BCUT2D eigenvalue weighted by molar-refractivity contribution is 0.0989. The molecule has 76 valence electrons. The number of Topliss-reactive ketones (excluding diaryl/α,β-unsaturated/α-hetero) is 1. The highest BCUT2D eigenvalue weighted by atomic mass is 16.1. The van der Waals surface area contributed by atoms with Crippen molar-refractivity contribution >= 4 is 11.6 Å². The number of carbonyl (C=O) groups is 1. The van der Waals surface area contributed by atoms with Gasteiger partial charge in [0.25, 0.3) is 0 Å². The predicted octanol–water partition coefficient (Wildman–Crippen LogP) is 2.02. The number of benzene rings is 1. The molecule has 0 unspecified atom stereocenters. The third kappa shape index (κ3) is 2.26. The predicted molar refractivity (Wildman–Crippen MR) is 59.7 cm³/mol. The van der Waals surface area contributed by atoms with E-state index in [1.165, 1.54) is 0 Å². The van der Waals surface area contributed by atoms with Crippen molar-refractivity contribution in [1.29, 1.82) is 0 Å². The standard InChI is InChI=1S/C12H12N2O/c13-12-7-6-10(14-12)11(15)8-9-4-2-1-3-5-9/h1-7,14H,8,13H2. The molecule has 3 N–H and O–H groups in total. The molecule has 0 spiro atoms. The van der Waals surface area contributed by atoms with Crippen molar-refractivity contribution in [1.82, 2.24) is 4.98 Å². The normalized spacial score (nSPS) is 10.1. The van der Waals surface area contributed by atoms with Gasteiger partial charge in [-0.25, -0.2) is 0 Å². The number of anilines is 1. The van der Waals surface area contributed by atoms with E-state index in [4.69, 9.17) is 5.73 Å². The molecule has 0 aliphatic carbocycles. The van der Waals surface area contributed by atoms with Crippen LogP contribution in [0, 0.1) is 0 Å². The van der Waals surface area contributed by atoms with Crippen LogP contribution in [0.25, 0.3) is 0 Å². The summed E-state index contributed by atoms with van der Waals surface area (Å²) >= 11 is 0. The van der Waals surface area contributed by atoms with Gasteiger partial charge in [-0.2, -0.15) is 0 Å². The number of aromatic nitrogens is 1. The Morgan fingerprint density at radius 3 is 2.47 bits per heavy atom. The van der Waals surface area contributed by atoms with Crippen molar-refractivity contribution in [2.75, 3.05) is 5.73 Å². The number of carbonyl (C=O) groups excluding carboxylic acids is 1. The minimum atomic E-state index is 0.0536. The number of H-pyrrole nitrogens is 1. The van der Waals surface area contributed by atoms with E-state index in [-0.39, 0.29) is 5.78 Å². The van der Waals surface area contributed by atoms with Crippen molar-refractivity contribution in [2.45, 2.75) is 6.42 Å². The highest BCUT2D eigenvalue weighted by Gasteiger charge is 2.07. The van der Waals surface area contributed by atoms with Gasteiger partial charge in [0.15, 0.2) is 5.78 Å². The molecule has 0 amide bonds. The molecule has 2 aromatic rings. The molecule has 15 heavy (non-hydrogen) atoms. The molecule has 0 saturated carbocycles. The Bertz CT molecular complexity index is 459. The van der Waals surface area contributed by atoms with Gasteiger partial charge in [-0.05, 0) is 17.7 Å². The summed E-state index contributed by atoms with van der Waals surface area (Å²) in [6.45, 7) is 0. The second-order valence-electron chi connectivity index (χ2n) is 3.41. The highest BCUT2D eigenvalue weighted by Crippen LogP contribution is 2.08. The molecular formula is C12H12N2O. The van der Waals surface area contributed by atoms with Crippen molar-refractivity contribution in [2.24, 2.45) is 0 Å². The third-order valence-electron chi connectivity index (χ3n) is 2.22. The van der Waals surface area contributed by atoms with Gasteiger partial charge >= 0.3 is 0 Å². The maximum absolute atomic E-state index is 11.7. The number of nitrogens with two attached hydrogens (primary N) is 1. The van der Waals surface area contributed by atoms with Crippen LogP contribution in [0.3, 0.4) is 0 Å². The van der Waals surface area contributed by atoms with Crippen molar-refractivity contribution in [3.05, 3.63) is 53.7 Å². The molecule has 0 radical (unpaired) electrons. The third-order valence-corrected chi connectivity index (χ3v) is 2.22. The first-order chi connectivity index (χ1) is 7.25. The number of hydrogen-bond acceptors (Lipinski definition) is 2. The first-order valence-electron chi connectivity index (χ1n) is 4.77. The minimum absolute atomic E-state index is 0.0536. The maximum Gasteiger partial charge on any atom is 0.183 e. The summed E-state index contributed by atoms with van der Waals surface area (Å²) in [7, 11) is 0. The Morgan fingerprint density at radius 1 is 1.13 bits per heavy atom. The molecule has 1 heterocycles. The summed E-state index contributed by atoms with van der Waals surface area (Å²) in [5, 5.41) is 0. The zero-order valence-electron chi connectivity index (χ0n) is 8.23. The van der Waals surface area contributed by atoms with Crippen LogP contribution in [0.15, 0.2) is 42.5 Å². The zero-order valence-corrected chi connectivity index (χ0v) is 8.23. The van der Waals surface area contributed by atoms with Crippen LogP contribution in [-0.4, -0.2) is 10.8 Å². The number of aromatic amines is 1. The molecule has 1 aromatic carbocycles. The summed E-state index contributed by atoms with van der Waals surface area (Å²) in [6.07, 6.45) is 0.404. The summed E-state index contributed by atoms with van der Waals surface area (Å²) < 4.78 is 0. The van der Waals surface area contributed by atoms with E-state index in [2.05, 4.69) is 4.98 Å². The van der Waals surface area contributed by atoms with Gasteiger partial charge in [0.1, 0.15) is 5.82 Å². The largest absolute Gasteiger partial charge is 0.385 e. The summed E-state index contributed by atoms with van der Waals surface area (Å²) in [6, 6.07) is 13.0. The van der Waals surface area contributed by atoms with Gasteiger partial charge in [0.2, 0.25) is 0 Å². The van der Waals surface area contributed by atoms with Crippen LogP contribution in [-0.2, 0) is 6.42 Å². The van der Waals surface area contributed by atoms with Crippen molar-refractivity contribution in [3.63, 3.8) is 0 Å². The van der Waals surface area contributed by atoms with Crippen LogP contribution < -0.4 is 5.73 Å². The zero-order chi connectivity index (χ0) is 10.7. The second kappa shape index (κ2) is 4.00. The molecule has 0 aliphatic rings. The highest BCUT2D eigenvalue weighted by molar-refractivity contribution is 5.96. The number of hydrogen-bond donors (Lipinski definition) is 2.